The minimum Gasteiger partial charge on any atom is -0.508 e. The van der Waals surface area contributed by atoms with Crippen LogP contribution in [0.3, 0.4) is 0 Å². The molecule has 1 heterocycles. The van der Waals surface area contributed by atoms with Crippen molar-refractivity contribution in [2.45, 2.75) is 30.6 Å². The average Bonchev–Trinajstić information content (AvgIpc) is 3.22. The van der Waals surface area contributed by atoms with E-state index in [1.807, 2.05) is 12.1 Å². The van der Waals surface area contributed by atoms with Crippen molar-refractivity contribution in [2.24, 2.45) is 0 Å². The van der Waals surface area contributed by atoms with Gasteiger partial charge in [0.15, 0.2) is 0 Å². The average molecular weight is 388 g/mol. The number of sulfonamides is 1. The minimum atomic E-state index is -3.45. The first kappa shape index (κ1) is 19.4. The summed E-state index contributed by atoms with van der Waals surface area (Å²) in [5.74, 6) is 0.0214. The summed E-state index contributed by atoms with van der Waals surface area (Å²) in [6.45, 7) is 1.64. The van der Waals surface area contributed by atoms with Crippen LogP contribution in [0.1, 0.15) is 35.2 Å². The molecule has 0 saturated carbocycles. The van der Waals surface area contributed by atoms with Gasteiger partial charge in [-0.3, -0.25) is 4.79 Å². The standard InChI is InChI=1S/C20H24N2O4S/c23-18-9-5-16(6-10-18)4-3-13-21-20(24)17-7-11-19(12-8-17)27(25,26)22-14-1-2-15-22/h5-12,23H,1-4,13-15H2,(H,21,24). The number of nitrogens with one attached hydrogen (secondary N) is 1. The van der Waals surface area contributed by atoms with Crippen LogP contribution in [0.25, 0.3) is 0 Å². The second-order valence-corrected chi connectivity index (χ2v) is 8.60. The Hall–Kier alpha value is -2.38. The van der Waals surface area contributed by atoms with Gasteiger partial charge in [-0.2, -0.15) is 4.31 Å². The van der Waals surface area contributed by atoms with Crippen LogP contribution in [0, 0.1) is 0 Å². The van der Waals surface area contributed by atoms with Crippen LogP contribution in [0.5, 0.6) is 5.75 Å². The van der Waals surface area contributed by atoms with Gasteiger partial charge in [0.1, 0.15) is 5.75 Å². The van der Waals surface area contributed by atoms with Crippen molar-refractivity contribution in [3.8, 4) is 5.75 Å². The lowest BCUT2D eigenvalue weighted by Gasteiger charge is -2.15. The quantitative estimate of drug-likeness (QED) is 0.714. The molecule has 3 rings (SSSR count). The number of rotatable bonds is 7. The zero-order chi connectivity index (χ0) is 19.3. The number of aromatic hydroxyl groups is 1. The van der Waals surface area contributed by atoms with Crippen LogP contribution in [0.15, 0.2) is 53.4 Å². The van der Waals surface area contributed by atoms with E-state index in [0.29, 0.717) is 25.2 Å². The first-order chi connectivity index (χ1) is 13.0. The van der Waals surface area contributed by atoms with Crippen LogP contribution in [-0.4, -0.2) is 43.4 Å². The summed E-state index contributed by atoms with van der Waals surface area (Å²) in [6.07, 6.45) is 3.36. The molecule has 27 heavy (non-hydrogen) atoms. The second kappa shape index (κ2) is 8.54. The molecule has 0 unspecified atom stereocenters. The van der Waals surface area contributed by atoms with Gasteiger partial charge < -0.3 is 10.4 Å². The van der Waals surface area contributed by atoms with E-state index in [2.05, 4.69) is 5.32 Å². The van der Waals surface area contributed by atoms with Gasteiger partial charge in [-0.15, -0.1) is 0 Å². The monoisotopic (exact) mass is 388 g/mol. The van der Waals surface area contributed by atoms with Gasteiger partial charge in [0.05, 0.1) is 4.90 Å². The Labute approximate surface area is 159 Å². The van der Waals surface area contributed by atoms with Gasteiger partial charge in [-0.05, 0) is 67.6 Å². The van der Waals surface area contributed by atoms with Crippen molar-refractivity contribution in [1.82, 2.24) is 9.62 Å². The van der Waals surface area contributed by atoms with E-state index < -0.39 is 10.0 Å². The smallest absolute Gasteiger partial charge is 0.251 e. The third kappa shape index (κ3) is 4.87. The highest BCUT2D eigenvalue weighted by molar-refractivity contribution is 7.89. The van der Waals surface area contributed by atoms with Gasteiger partial charge in [-0.25, -0.2) is 8.42 Å². The van der Waals surface area contributed by atoms with Crippen molar-refractivity contribution in [3.63, 3.8) is 0 Å². The molecule has 0 atom stereocenters. The van der Waals surface area contributed by atoms with Gasteiger partial charge in [0, 0.05) is 25.2 Å². The lowest BCUT2D eigenvalue weighted by Crippen LogP contribution is -2.28. The Morgan fingerprint density at radius 1 is 1.00 bits per heavy atom. The van der Waals surface area contributed by atoms with Crippen LogP contribution in [0.2, 0.25) is 0 Å². The Balaban J connectivity index is 1.50. The van der Waals surface area contributed by atoms with Crippen molar-refractivity contribution in [2.75, 3.05) is 19.6 Å². The maximum atomic E-state index is 12.5. The summed E-state index contributed by atoms with van der Waals surface area (Å²) in [5, 5.41) is 12.1. The predicted molar refractivity (Wildman–Crippen MR) is 103 cm³/mol. The zero-order valence-electron chi connectivity index (χ0n) is 15.1. The first-order valence-electron chi connectivity index (χ1n) is 9.13. The van der Waals surface area contributed by atoms with Gasteiger partial charge in [0.2, 0.25) is 10.0 Å². The molecule has 6 nitrogen and oxygen atoms in total. The molecule has 2 N–H and O–H groups in total. The van der Waals surface area contributed by atoms with Gasteiger partial charge in [0.25, 0.3) is 5.91 Å². The molecule has 7 heteroatoms. The normalized spacial score (nSPS) is 15.0. The fraction of sp³-hybridized carbons (Fsp3) is 0.350. The molecule has 1 aliphatic rings. The molecule has 2 aromatic rings. The molecule has 1 saturated heterocycles. The third-order valence-electron chi connectivity index (χ3n) is 4.68. The number of carbonyl (C=O) groups excluding carboxylic acids is 1. The minimum absolute atomic E-state index is 0.217. The van der Waals surface area contributed by atoms with Crippen molar-refractivity contribution in [1.29, 1.82) is 0 Å². The number of nitrogens with zero attached hydrogens (tertiary/aromatic N) is 1. The molecule has 0 aromatic heterocycles. The fourth-order valence-corrected chi connectivity index (χ4v) is 4.63. The Morgan fingerprint density at radius 3 is 2.26 bits per heavy atom. The Kier molecular flexibility index (Phi) is 6.13. The molecule has 1 aliphatic heterocycles. The number of amides is 1. The van der Waals surface area contributed by atoms with E-state index in [1.54, 1.807) is 24.3 Å². The highest BCUT2D eigenvalue weighted by Gasteiger charge is 2.27. The maximum Gasteiger partial charge on any atom is 0.251 e. The van der Waals surface area contributed by atoms with Gasteiger partial charge >= 0.3 is 0 Å². The van der Waals surface area contributed by atoms with Crippen molar-refractivity contribution in [3.05, 3.63) is 59.7 Å². The maximum absolute atomic E-state index is 12.5. The highest BCUT2D eigenvalue weighted by atomic mass is 32.2. The van der Waals surface area contributed by atoms with Crippen LogP contribution >= 0.6 is 0 Å². The van der Waals surface area contributed by atoms with Crippen molar-refractivity contribution < 1.29 is 18.3 Å². The van der Waals surface area contributed by atoms with Crippen LogP contribution in [0.4, 0.5) is 0 Å². The van der Waals surface area contributed by atoms with E-state index in [0.717, 1.165) is 31.2 Å². The molecule has 2 aromatic carbocycles. The molecule has 0 bridgehead atoms. The fourth-order valence-electron chi connectivity index (χ4n) is 3.11. The topological polar surface area (TPSA) is 86.7 Å². The SMILES string of the molecule is O=C(NCCCc1ccc(O)cc1)c1ccc(S(=O)(=O)N2CCCC2)cc1. The molecule has 1 fully saturated rings. The van der Waals surface area contributed by atoms with E-state index >= 15 is 0 Å². The lowest BCUT2D eigenvalue weighted by molar-refractivity contribution is 0.0953. The van der Waals surface area contributed by atoms with Crippen LogP contribution < -0.4 is 5.32 Å². The molecule has 0 radical (unpaired) electrons. The molecule has 0 aliphatic carbocycles. The number of hydrogen-bond acceptors (Lipinski definition) is 4. The summed E-state index contributed by atoms with van der Waals surface area (Å²) in [4.78, 5) is 12.4. The number of hydrogen-bond donors (Lipinski definition) is 2. The molecule has 0 spiro atoms. The van der Waals surface area contributed by atoms with E-state index in [9.17, 15) is 18.3 Å². The van der Waals surface area contributed by atoms with Crippen molar-refractivity contribution >= 4 is 15.9 Å². The Morgan fingerprint density at radius 2 is 1.63 bits per heavy atom. The van der Waals surface area contributed by atoms with Gasteiger partial charge in [-0.1, -0.05) is 12.1 Å². The number of phenols is 1. The largest absolute Gasteiger partial charge is 0.508 e. The first-order valence-corrected chi connectivity index (χ1v) is 10.6. The summed E-state index contributed by atoms with van der Waals surface area (Å²) in [6, 6.07) is 13.1. The summed E-state index contributed by atoms with van der Waals surface area (Å²) < 4.78 is 26.5. The molecular weight excluding hydrogens is 364 g/mol. The van der Waals surface area contributed by atoms with E-state index in [4.69, 9.17) is 0 Å². The van der Waals surface area contributed by atoms with E-state index in [1.165, 1.54) is 16.4 Å². The number of benzene rings is 2. The summed E-state index contributed by atoms with van der Waals surface area (Å²) in [7, 11) is -3.45. The molecule has 144 valence electrons. The zero-order valence-corrected chi connectivity index (χ0v) is 15.9. The second-order valence-electron chi connectivity index (χ2n) is 6.66. The summed E-state index contributed by atoms with van der Waals surface area (Å²) >= 11 is 0. The summed E-state index contributed by atoms with van der Waals surface area (Å²) in [5.41, 5.74) is 1.54. The highest BCUT2D eigenvalue weighted by Crippen LogP contribution is 2.21. The third-order valence-corrected chi connectivity index (χ3v) is 6.60. The Bertz CT molecular complexity index is 871. The number of phenolic OH excluding ortho intramolecular Hbond substituents is 1. The predicted octanol–water partition coefficient (Wildman–Crippen LogP) is 2.54. The number of aryl methyl sites for hydroxylation is 1. The van der Waals surface area contributed by atoms with Crippen LogP contribution in [-0.2, 0) is 16.4 Å². The molecular formula is C20H24N2O4S. The molecule has 1 amide bonds. The lowest BCUT2D eigenvalue weighted by atomic mass is 10.1. The van der Waals surface area contributed by atoms with E-state index in [-0.39, 0.29) is 16.6 Å². The number of carbonyl (C=O) groups is 1.